The van der Waals surface area contributed by atoms with Gasteiger partial charge in [0.25, 0.3) is 0 Å². The molecule has 0 aromatic heterocycles. The van der Waals surface area contributed by atoms with E-state index >= 15 is 0 Å². The van der Waals surface area contributed by atoms with Crippen LogP contribution in [-0.2, 0) is 19.1 Å². The molecule has 0 bridgehead atoms. The molecule has 1 saturated heterocycles. The highest BCUT2D eigenvalue weighted by molar-refractivity contribution is 5.79. The maximum Gasteiger partial charge on any atom is 0.230 e. The molecular weight excluding hydrogens is 342 g/mol. The Kier molecular flexibility index (Phi) is 7.49. The molecule has 1 aliphatic heterocycles. The number of hydrogen-bond donors (Lipinski definition) is 4. The quantitative estimate of drug-likeness (QED) is 0.147. The second-order valence-electron chi connectivity index (χ2n) is 4.98. The highest BCUT2D eigenvalue weighted by Crippen LogP contribution is 2.25. The Labute approximate surface area is 141 Å². The number of aliphatic hydroxyl groups is 4. The van der Waals surface area contributed by atoms with Crippen LogP contribution in [0.1, 0.15) is 6.42 Å². The van der Waals surface area contributed by atoms with Crippen molar-refractivity contribution in [3.63, 3.8) is 0 Å². The molecular formula is C14H15NO10-2. The third kappa shape index (κ3) is 5.52. The van der Waals surface area contributed by atoms with E-state index in [9.17, 15) is 35.1 Å². The fraction of sp³-hybridized carbons (Fsp3) is 0.500. The number of carbonyl (C=O) groups is 2. The Morgan fingerprint density at radius 3 is 2.28 bits per heavy atom. The van der Waals surface area contributed by atoms with Crippen LogP contribution in [0.3, 0.4) is 0 Å². The number of aliphatic carboxylic acids is 2. The SMILES string of the molecule is N#C/C(O[C@@H]1O[C@H](CO)[C@@H](O)[C@H](O)[C@H]1O)=C(\C=C/C(=O)[O-])CC(=O)[O-]. The lowest BCUT2D eigenvalue weighted by atomic mass is 9.99. The molecule has 0 aromatic carbocycles. The Balaban J connectivity index is 3.12. The summed E-state index contributed by atoms with van der Waals surface area (Å²) in [6.07, 6.45) is -8.04. The van der Waals surface area contributed by atoms with Gasteiger partial charge in [0, 0.05) is 18.0 Å². The zero-order valence-corrected chi connectivity index (χ0v) is 12.6. The van der Waals surface area contributed by atoms with Crippen LogP contribution in [0.2, 0.25) is 0 Å². The number of carbonyl (C=O) groups excluding carboxylic acids is 2. The van der Waals surface area contributed by atoms with Gasteiger partial charge in [0.05, 0.1) is 12.6 Å². The number of carboxylic acid groups (broad SMARTS) is 2. The average Bonchev–Trinajstić information content (AvgIpc) is 2.55. The normalized spacial score (nSPS) is 30.4. The summed E-state index contributed by atoms with van der Waals surface area (Å²) in [4.78, 5) is 21.2. The molecule has 0 unspecified atom stereocenters. The molecule has 25 heavy (non-hydrogen) atoms. The zero-order valence-electron chi connectivity index (χ0n) is 12.6. The molecule has 1 fully saturated rings. The van der Waals surface area contributed by atoms with Crippen LogP contribution >= 0.6 is 0 Å². The van der Waals surface area contributed by atoms with Crippen molar-refractivity contribution in [2.24, 2.45) is 0 Å². The first-order valence-electron chi connectivity index (χ1n) is 6.90. The molecule has 0 spiro atoms. The summed E-state index contributed by atoms with van der Waals surface area (Å²) in [6.45, 7) is -0.743. The maximum absolute atomic E-state index is 10.7. The highest BCUT2D eigenvalue weighted by Gasteiger charge is 2.45. The van der Waals surface area contributed by atoms with E-state index in [0.29, 0.717) is 6.08 Å². The van der Waals surface area contributed by atoms with E-state index in [1.54, 1.807) is 0 Å². The van der Waals surface area contributed by atoms with Gasteiger partial charge in [0.15, 0.2) is 0 Å². The summed E-state index contributed by atoms with van der Waals surface area (Å²) in [7, 11) is 0. The lowest BCUT2D eigenvalue weighted by molar-refractivity contribution is -0.305. The van der Waals surface area contributed by atoms with Gasteiger partial charge in [-0.3, -0.25) is 0 Å². The number of aliphatic hydroxyl groups excluding tert-OH is 4. The molecule has 0 aromatic rings. The summed E-state index contributed by atoms with van der Waals surface area (Å²) in [5, 5.41) is 68.4. The van der Waals surface area contributed by atoms with Crippen molar-refractivity contribution in [1.29, 1.82) is 5.26 Å². The van der Waals surface area contributed by atoms with E-state index in [-0.39, 0.29) is 0 Å². The summed E-state index contributed by atoms with van der Waals surface area (Å²) >= 11 is 0. The zero-order chi connectivity index (χ0) is 19.1. The minimum Gasteiger partial charge on any atom is -0.550 e. The van der Waals surface area contributed by atoms with Crippen LogP contribution in [0.5, 0.6) is 0 Å². The van der Waals surface area contributed by atoms with Crippen molar-refractivity contribution in [1.82, 2.24) is 0 Å². The van der Waals surface area contributed by atoms with Crippen molar-refractivity contribution >= 4 is 11.9 Å². The molecule has 4 N–H and O–H groups in total. The Morgan fingerprint density at radius 1 is 1.16 bits per heavy atom. The lowest BCUT2D eigenvalue weighted by Crippen LogP contribution is -2.59. The number of ether oxygens (including phenoxy) is 2. The van der Waals surface area contributed by atoms with Gasteiger partial charge >= 0.3 is 0 Å². The molecule has 1 aliphatic rings. The van der Waals surface area contributed by atoms with Gasteiger partial charge in [0.1, 0.15) is 30.5 Å². The van der Waals surface area contributed by atoms with E-state index < -0.39 is 67.0 Å². The second kappa shape index (κ2) is 9.11. The summed E-state index contributed by atoms with van der Waals surface area (Å²) in [5.41, 5.74) is -0.427. The minimum atomic E-state index is -1.84. The Hall–Kier alpha value is -2.49. The molecule has 11 nitrogen and oxygen atoms in total. The van der Waals surface area contributed by atoms with Crippen molar-refractivity contribution in [3.05, 3.63) is 23.5 Å². The van der Waals surface area contributed by atoms with Gasteiger partial charge in [-0.2, -0.15) is 5.26 Å². The molecule has 0 aliphatic carbocycles. The van der Waals surface area contributed by atoms with Gasteiger partial charge in [-0.05, 0) is 6.08 Å². The number of nitriles is 1. The first-order valence-corrected chi connectivity index (χ1v) is 6.90. The van der Waals surface area contributed by atoms with Gasteiger partial charge in [-0.15, -0.1) is 0 Å². The first-order chi connectivity index (χ1) is 11.7. The largest absolute Gasteiger partial charge is 0.550 e. The van der Waals surface area contributed by atoms with E-state index in [1.807, 2.05) is 0 Å². The molecule has 0 amide bonds. The van der Waals surface area contributed by atoms with E-state index in [0.717, 1.165) is 6.08 Å². The fourth-order valence-corrected chi connectivity index (χ4v) is 1.99. The van der Waals surface area contributed by atoms with Crippen LogP contribution in [0.15, 0.2) is 23.5 Å². The first kappa shape index (κ1) is 20.6. The lowest BCUT2D eigenvalue weighted by Gasteiger charge is -2.39. The molecule has 5 atom stereocenters. The second-order valence-corrected chi connectivity index (χ2v) is 4.98. The van der Waals surface area contributed by atoms with Crippen LogP contribution in [0.4, 0.5) is 0 Å². The summed E-state index contributed by atoms with van der Waals surface area (Å²) in [6, 6.07) is 1.46. The number of carboxylic acids is 2. The predicted octanol–water partition coefficient (Wildman–Crippen LogP) is -4.97. The molecule has 0 radical (unpaired) electrons. The fourth-order valence-electron chi connectivity index (χ4n) is 1.99. The molecule has 11 heteroatoms. The molecule has 1 heterocycles. The van der Waals surface area contributed by atoms with Crippen LogP contribution in [0.25, 0.3) is 0 Å². The van der Waals surface area contributed by atoms with Gasteiger partial charge in [0.2, 0.25) is 12.0 Å². The minimum absolute atomic E-state index is 0.427. The third-order valence-electron chi connectivity index (χ3n) is 3.23. The van der Waals surface area contributed by atoms with Crippen LogP contribution in [0, 0.1) is 11.3 Å². The Morgan fingerprint density at radius 2 is 1.80 bits per heavy atom. The van der Waals surface area contributed by atoms with Crippen molar-refractivity contribution in [2.75, 3.05) is 6.61 Å². The standard InChI is InChI=1S/C14H17NO10/c15-4-7(6(3-10(19)20)1-2-9(17)18)24-14-13(23)12(22)11(21)8(5-16)25-14/h1-2,8,11-14,16,21-23H,3,5H2,(H,17,18)(H,19,20)/p-2/b2-1-,7-6-/t8-,11-,12+,13-,14-/m1/s1. The number of hydrogen-bond acceptors (Lipinski definition) is 11. The monoisotopic (exact) mass is 357 g/mol. The number of nitrogens with zero attached hydrogens (tertiary/aromatic N) is 1. The van der Waals surface area contributed by atoms with E-state index in [4.69, 9.17) is 19.8 Å². The van der Waals surface area contributed by atoms with Crippen LogP contribution in [-0.4, -0.2) is 69.7 Å². The number of rotatable bonds is 7. The Bertz CT molecular complexity index is 605. The van der Waals surface area contributed by atoms with Crippen LogP contribution < -0.4 is 10.2 Å². The van der Waals surface area contributed by atoms with E-state index in [2.05, 4.69) is 0 Å². The molecule has 1 rings (SSSR count). The maximum atomic E-state index is 10.7. The third-order valence-corrected chi connectivity index (χ3v) is 3.23. The summed E-state index contributed by atoms with van der Waals surface area (Å²) in [5.74, 6) is -4.05. The average molecular weight is 357 g/mol. The van der Waals surface area contributed by atoms with Gasteiger partial charge in [-0.25, -0.2) is 0 Å². The number of allylic oxidation sites excluding steroid dienone is 2. The molecule has 0 saturated carbocycles. The highest BCUT2D eigenvalue weighted by atomic mass is 16.7. The van der Waals surface area contributed by atoms with Crippen molar-refractivity contribution in [2.45, 2.75) is 37.1 Å². The predicted molar refractivity (Wildman–Crippen MR) is 71.3 cm³/mol. The van der Waals surface area contributed by atoms with Gasteiger partial charge < -0.3 is 49.7 Å². The smallest absolute Gasteiger partial charge is 0.230 e. The van der Waals surface area contributed by atoms with Crippen molar-refractivity contribution < 1.29 is 49.7 Å². The van der Waals surface area contributed by atoms with E-state index in [1.165, 1.54) is 6.07 Å². The summed E-state index contributed by atoms with van der Waals surface area (Å²) < 4.78 is 10.0. The van der Waals surface area contributed by atoms with Gasteiger partial charge in [-0.1, -0.05) is 6.08 Å². The topological polar surface area (TPSA) is 203 Å². The van der Waals surface area contributed by atoms with Crippen molar-refractivity contribution in [3.8, 4) is 6.07 Å². The molecule has 138 valence electrons.